The largest absolute Gasteiger partial charge is 0.497 e. The first-order valence-corrected chi connectivity index (χ1v) is 10.6. The van der Waals surface area contributed by atoms with Crippen molar-refractivity contribution in [2.45, 2.75) is 19.6 Å². The van der Waals surface area contributed by atoms with Gasteiger partial charge in [0.1, 0.15) is 5.75 Å². The molecule has 3 rings (SSSR count). The smallest absolute Gasteiger partial charge is 0.193 e. The summed E-state index contributed by atoms with van der Waals surface area (Å²) in [5.74, 6) is 1.76. The molecule has 1 aliphatic rings. The van der Waals surface area contributed by atoms with E-state index >= 15 is 0 Å². The molecule has 30 heavy (non-hydrogen) atoms. The Labute approximate surface area is 181 Å². The van der Waals surface area contributed by atoms with Gasteiger partial charge in [-0.15, -0.1) is 0 Å². The predicted molar refractivity (Wildman–Crippen MR) is 124 cm³/mol. The van der Waals surface area contributed by atoms with Crippen LogP contribution in [0.2, 0.25) is 0 Å². The minimum absolute atomic E-state index is 0.758. The van der Waals surface area contributed by atoms with E-state index < -0.39 is 0 Å². The van der Waals surface area contributed by atoms with Gasteiger partial charge in [-0.2, -0.15) is 0 Å². The van der Waals surface area contributed by atoms with Gasteiger partial charge in [0.25, 0.3) is 0 Å². The number of benzene rings is 2. The Balaban J connectivity index is 1.47. The number of hydrogen-bond donors (Lipinski definition) is 1. The van der Waals surface area contributed by atoms with Crippen molar-refractivity contribution in [2.75, 3.05) is 54.4 Å². The molecule has 0 amide bonds. The number of aliphatic imine (C=N–C) groups is 1. The highest BCUT2D eigenvalue weighted by molar-refractivity contribution is 5.79. The van der Waals surface area contributed by atoms with E-state index in [0.29, 0.717) is 0 Å². The van der Waals surface area contributed by atoms with Gasteiger partial charge in [0.2, 0.25) is 0 Å². The van der Waals surface area contributed by atoms with E-state index in [-0.39, 0.29) is 0 Å². The van der Waals surface area contributed by atoms with Crippen molar-refractivity contribution in [2.24, 2.45) is 4.99 Å². The van der Waals surface area contributed by atoms with Crippen LogP contribution in [0.5, 0.6) is 5.75 Å². The SMILES string of the molecule is CN=C(NCc1ccc(CN2CCN(C)CC2)cc1)N(C)Cc1ccc(OC)cc1. The molecule has 2 aromatic rings. The van der Waals surface area contributed by atoms with Crippen molar-refractivity contribution in [3.8, 4) is 5.75 Å². The lowest BCUT2D eigenvalue weighted by Gasteiger charge is -2.32. The Morgan fingerprint density at radius 3 is 2.17 bits per heavy atom. The van der Waals surface area contributed by atoms with Crippen LogP contribution in [0.15, 0.2) is 53.5 Å². The molecule has 1 saturated heterocycles. The Morgan fingerprint density at radius 1 is 0.967 bits per heavy atom. The zero-order valence-electron chi connectivity index (χ0n) is 18.8. The second-order valence-corrected chi connectivity index (χ2v) is 8.00. The highest BCUT2D eigenvalue weighted by atomic mass is 16.5. The summed E-state index contributed by atoms with van der Waals surface area (Å²) in [7, 11) is 7.76. The summed E-state index contributed by atoms with van der Waals surface area (Å²) >= 11 is 0. The van der Waals surface area contributed by atoms with Crippen molar-refractivity contribution in [1.29, 1.82) is 0 Å². The number of likely N-dealkylation sites (N-methyl/N-ethyl adjacent to an activating group) is 1. The molecule has 6 heteroatoms. The summed E-state index contributed by atoms with van der Waals surface area (Å²) in [6.45, 7) is 7.19. The summed E-state index contributed by atoms with van der Waals surface area (Å²) in [6.07, 6.45) is 0. The van der Waals surface area contributed by atoms with Crippen LogP contribution in [0.4, 0.5) is 0 Å². The van der Waals surface area contributed by atoms with Crippen LogP contribution >= 0.6 is 0 Å². The average Bonchev–Trinajstić information content (AvgIpc) is 2.77. The van der Waals surface area contributed by atoms with Crippen LogP contribution < -0.4 is 10.1 Å². The third-order valence-electron chi connectivity index (χ3n) is 5.63. The van der Waals surface area contributed by atoms with E-state index in [1.165, 1.54) is 16.7 Å². The molecular weight excluding hydrogens is 374 g/mol. The molecule has 1 fully saturated rings. The summed E-state index contributed by atoms with van der Waals surface area (Å²) in [4.78, 5) is 11.5. The van der Waals surface area contributed by atoms with Crippen LogP contribution in [-0.2, 0) is 19.6 Å². The fourth-order valence-corrected chi connectivity index (χ4v) is 3.67. The topological polar surface area (TPSA) is 43.3 Å². The Hall–Kier alpha value is -2.57. The van der Waals surface area contributed by atoms with Gasteiger partial charge >= 0.3 is 0 Å². The van der Waals surface area contributed by atoms with Gasteiger partial charge in [-0.05, 0) is 35.9 Å². The third-order valence-corrected chi connectivity index (χ3v) is 5.63. The Bertz CT molecular complexity index is 795. The van der Waals surface area contributed by atoms with Crippen molar-refractivity contribution < 1.29 is 4.74 Å². The average molecular weight is 410 g/mol. The van der Waals surface area contributed by atoms with Crippen LogP contribution in [0.3, 0.4) is 0 Å². The van der Waals surface area contributed by atoms with Gasteiger partial charge < -0.3 is 19.9 Å². The maximum atomic E-state index is 5.23. The number of piperazine rings is 1. The van der Waals surface area contributed by atoms with E-state index in [4.69, 9.17) is 4.74 Å². The highest BCUT2D eigenvalue weighted by Gasteiger charge is 2.13. The molecule has 1 N–H and O–H groups in total. The molecule has 0 atom stereocenters. The Morgan fingerprint density at radius 2 is 1.57 bits per heavy atom. The lowest BCUT2D eigenvalue weighted by molar-refractivity contribution is 0.148. The number of nitrogens with one attached hydrogen (secondary N) is 1. The quantitative estimate of drug-likeness (QED) is 0.563. The molecular formula is C24H35N5O. The monoisotopic (exact) mass is 409 g/mol. The molecule has 0 aromatic heterocycles. The number of ether oxygens (including phenoxy) is 1. The first kappa shape index (κ1) is 22.1. The molecule has 6 nitrogen and oxygen atoms in total. The number of hydrogen-bond acceptors (Lipinski definition) is 4. The fourth-order valence-electron chi connectivity index (χ4n) is 3.67. The summed E-state index contributed by atoms with van der Waals surface area (Å²) in [6, 6.07) is 17.1. The van der Waals surface area contributed by atoms with Gasteiger partial charge in [-0.25, -0.2) is 0 Å². The van der Waals surface area contributed by atoms with Crippen molar-refractivity contribution in [3.63, 3.8) is 0 Å². The molecule has 1 aliphatic heterocycles. The first-order chi connectivity index (χ1) is 14.6. The first-order valence-electron chi connectivity index (χ1n) is 10.6. The zero-order valence-corrected chi connectivity index (χ0v) is 18.8. The summed E-state index contributed by atoms with van der Waals surface area (Å²) < 4.78 is 5.23. The predicted octanol–water partition coefficient (Wildman–Crippen LogP) is 2.65. The van der Waals surface area contributed by atoms with Gasteiger partial charge in [-0.3, -0.25) is 9.89 Å². The molecule has 2 aromatic carbocycles. The zero-order chi connectivity index (χ0) is 21.3. The van der Waals surface area contributed by atoms with Crippen LogP contribution in [0.1, 0.15) is 16.7 Å². The minimum atomic E-state index is 0.758. The van der Waals surface area contributed by atoms with E-state index in [2.05, 4.69) is 75.5 Å². The van der Waals surface area contributed by atoms with Crippen LogP contribution in [-0.4, -0.2) is 75.1 Å². The Kier molecular flexibility index (Phi) is 8.11. The highest BCUT2D eigenvalue weighted by Crippen LogP contribution is 2.13. The van der Waals surface area contributed by atoms with E-state index in [9.17, 15) is 0 Å². The summed E-state index contributed by atoms with van der Waals surface area (Å²) in [5.41, 5.74) is 3.86. The number of rotatable bonds is 7. The number of nitrogens with zero attached hydrogens (tertiary/aromatic N) is 4. The van der Waals surface area contributed by atoms with Crippen LogP contribution in [0.25, 0.3) is 0 Å². The summed E-state index contributed by atoms with van der Waals surface area (Å²) in [5, 5.41) is 3.47. The van der Waals surface area contributed by atoms with Gasteiger partial charge in [0.15, 0.2) is 5.96 Å². The van der Waals surface area contributed by atoms with Crippen molar-refractivity contribution in [1.82, 2.24) is 20.0 Å². The molecule has 1 heterocycles. The van der Waals surface area contributed by atoms with Gasteiger partial charge in [0.05, 0.1) is 7.11 Å². The molecule has 0 saturated carbocycles. The number of guanidine groups is 1. The molecule has 162 valence electrons. The van der Waals surface area contributed by atoms with E-state index in [0.717, 1.165) is 57.5 Å². The third kappa shape index (κ3) is 6.47. The lowest BCUT2D eigenvalue weighted by atomic mass is 10.1. The molecule has 0 radical (unpaired) electrons. The van der Waals surface area contributed by atoms with E-state index in [1.807, 2.05) is 19.2 Å². The van der Waals surface area contributed by atoms with Crippen molar-refractivity contribution >= 4 is 5.96 Å². The minimum Gasteiger partial charge on any atom is -0.497 e. The van der Waals surface area contributed by atoms with E-state index in [1.54, 1.807) is 7.11 Å². The molecule has 0 spiro atoms. The lowest BCUT2D eigenvalue weighted by Crippen LogP contribution is -2.43. The van der Waals surface area contributed by atoms with Gasteiger partial charge in [0, 0.05) is 59.9 Å². The maximum absolute atomic E-state index is 5.23. The normalized spacial score (nSPS) is 15.8. The standard InChI is InChI=1S/C24H35N5O/c1-25-24(28(3)18-21-9-11-23(30-4)12-10-21)26-17-20-5-7-22(8-6-20)19-29-15-13-27(2)14-16-29/h5-12H,13-19H2,1-4H3,(H,25,26). The number of methoxy groups -OCH3 is 1. The molecule has 0 aliphatic carbocycles. The van der Waals surface area contributed by atoms with Gasteiger partial charge in [-0.1, -0.05) is 36.4 Å². The second-order valence-electron chi connectivity index (χ2n) is 8.00. The molecule has 0 bridgehead atoms. The van der Waals surface area contributed by atoms with Crippen LogP contribution in [0, 0.1) is 0 Å². The fraction of sp³-hybridized carbons (Fsp3) is 0.458. The van der Waals surface area contributed by atoms with Crippen molar-refractivity contribution in [3.05, 3.63) is 65.2 Å². The molecule has 0 unspecified atom stereocenters. The second kappa shape index (κ2) is 11.0. The maximum Gasteiger partial charge on any atom is 0.193 e.